The lowest BCUT2D eigenvalue weighted by Crippen LogP contribution is -2.17. The van der Waals surface area contributed by atoms with Crippen LogP contribution in [0, 0.1) is 5.92 Å². The van der Waals surface area contributed by atoms with E-state index in [1.807, 2.05) is 20.8 Å². The molecule has 3 heteroatoms. The van der Waals surface area contributed by atoms with E-state index < -0.39 is 0 Å². The van der Waals surface area contributed by atoms with E-state index in [4.69, 9.17) is 9.47 Å². The molecule has 0 radical (unpaired) electrons. The Hall–Kier alpha value is -0.570. The number of rotatable bonds is 2. The maximum absolute atomic E-state index is 10.9. The SMILES string of the molecule is CC.CCOC(=O)C1CCOC1. The predicted octanol–water partition coefficient (Wildman–Crippen LogP) is 1.61. The van der Waals surface area contributed by atoms with Crippen molar-refractivity contribution in [1.82, 2.24) is 0 Å². The van der Waals surface area contributed by atoms with Crippen LogP contribution in [-0.2, 0) is 14.3 Å². The fourth-order valence-electron chi connectivity index (χ4n) is 0.981. The fourth-order valence-corrected chi connectivity index (χ4v) is 0.981. The second kappa shape index (κ2) is 7.10. The topological polar surface area (TPSA) is 35.5 Å². The van der Waals surface area contributed by atoms with E-state index in [-0.39, 0.29) is 11.9 Å². The zero-order chi connectivity index (χ0) is 9.40. The van der Waals surface area contributed by atoms with Gasteiger partial charge in [0.15, 0.2) is 0 Å². The minimum absolute atomic E-state index is 0.0000463. The van der Waals surface area contributed by atoms with Crippen LogP contribution < -0.4 is 0 Å². The third kappa shape index (κ3) is 3.72. The van der Waals surface area contributed by atoms with E-state index in [1.54, 1.807) is 0 Å². The van der Waals surface area contributed by atoms with Crippen molar-refractivity contribution < 1.29 is 14.3 Å². The maximum Gasteiger partial charge on any atom is 0.311 e. The number of hydrogen-bond donors (Lipinski definition) is 0. The Morgan fingerprint density at radius 2 is 2.25 bits per heavy atom. The highest BCUT2D eigenvalue weighted by Gasteiger charge is 2.24. The molecule has 0 aromatic heterocycles. The molecule has 0 amide bonds. The average Bonchev–Trinajstić information content (AvgIpc) is 2.60. The lowest BCUT2D eigenvalue weighted by Gasteiger charge is -2.04. The van der Waals surface area contributed by atoms with Gasteiger partial charge in [-0.05, 0) is 13.3 Å². The van der Waals surface area contributed by atoms with Crippen molar-refractivity contribution in [3.8, 4) is 0 Å². The summed E-state index contributed by atoms with van der Waals surface area (Å²) >= 11 is 0. The van der Waals surface area contributed by atoms with Crippen LogP contribution in [-0.4, -0.2) is 25.8 Å². The van der Waals surface area contributed by atoms with E-state index in [1.165, 1.54) is 0 Å². The van der Waals surface area contributed by atoms with Gasteiger partial charge in [0, 0.05) is 6.61 Å². The van der Waals surface area contributed by atoms with Crippen molar-refractivity contribution in [2.24, 2.45) is 5.92 Å². The van der Waals surface area contributed by atoms with Gasteiger partial charge in [-0.3, -0.25) is 4.79 Å². The van der Waals surface area contributed by atoms with E-state index >= 15 is 0 Å². The minimum Gasteiger partial charge on any atom is -0.466 e. The van der Waals surface area contributed by atoms with Crippen molar-refractivity contribution in [2.75, 3.05) is 19.8 Å². The lowest BCUT2D eigenvalue weighted by atomic mass is 10.1. The number of hydrogen-bond acceptors (Lipinski definition) is 3. The standard InChI is InChI=1S/C7H12O3.C2H6/c1-2-10-7(8)6-3-4-9-5-6;1-2/h6H,2-5H2,1H3;1-2H3. The molecule has 12 heavy (non-hydrogen) atoms. The van der Waals surface area contributed by atoms with Crippen LogP contribution in [0.3, 0.4) is 0 Å². The van der Waals surface area contributed by atoms with E-state index in [0.717, 1.165) is 6.42 Å². The Morgan fingerprint density at radius 3 is 2.67 bits per heavy atom. The van der Waals surface area contributed by atoms with Gasteiger partial charge in [0.25, 0.3) is 0 Å². The highest BCUT2D eigenvalue weighted by Crippen LogP contribution is 2.13. The van der Waals surface area contributed by atoms with Crippen LogP contribution in [0.1, 0.15) is 27.2 Å². The third-order valence-corrected chi connectivity index (χ3v) is 1.55. The molecule has 0 saturated carbocycles. The minimum atomic E-state index is -0.111. The van der Waals surface area contributed by atoms with E-state index in [2.05, 4.69) is 0 Å². The third-order valence-electron chi connectivity index (χ3n) is 1.55. The Kier molecular flexibility index (Phi) is 6.76. The van der Waals surface area contributed by atoms with Crippen molar-refractivity contribution in [3.05, 3.63) is 0 Å². The Bertz CT molecular complexity index is 117. The van der Waals surface area contributed by atoms with Crippen LogP contribution in [0.2, 0.25) is 0 Å². The number of carbonyl (C=O) groups excluding carboxylic acids is 1. The highest BCUT2D eigenvalue weighted by atomic mass is 16.5. The number of ether oxygens (including phenoxy) is 2. The Balaban J connectivity index is 0.000000561. The molecule has 1 unspecified atom stereocenters. The smallest absolute Gasteiger partial charge is 0.311 e. The molecule has 1 fully saturated rings. The van der Waals surface area contributed by atoms with Gasteiger partial charge in [0.2, 0.25) is 0 Å². The highest BCUT2D eigenvalue weighted by molar-refractivity contribution is 5.72. The Labute approximate surface area is 74.0 Å². The Morgan fingerprint density at radius 1 is 1.58 bits per heavy atom. The molecule has 72 valence electrons. The summed E-state index contributed by atoms with van der Waals surface area (Å²) in [6, 6.07) is 0. The van der Waals surface area contributed by atoms with Crippen molar-refractivity contribution in [3.63, 3.8) is 0 Å². The molecule has 1 atom stereocenters. The van der Waals surface area contributed by atoms with Gasteiger partial charge in [-0.1, -0.05) is 13.8 Å². The van der Waals surface area contributed by atoms with Gasteiger partial charge < -0.3 is 9.47 Å². The molecule has 0 bridgehead atoms. The average molecular weight is 174 g/mol. The normalized spacial score (nSPS) is 21.1. The van der Waals surface area contributed by atoms with Crippen LogP contribution in [0.25, 0.3) is 0 Å². The van der Waals surface area contributed by atoms with Gasteiger partial charge in [-0.25, -0.2) is 0 Å². The first kappa shape index (κ1) is 11.4. The zero-order valence-electron chi connectivity index (χ0n) is 8.13. The summed E-state index contributed by atoms with van der Waals surface area (Å²) in [6.45, 7) is 7.52. The molecule has 1 aliphatic rings. The second-order valence-electron chi connectivity index (χ2n) is 2.31. The lowest BCUT2D eigenvalue weighted by molar-refractivity contribution is -0.147. The van der Waals surface area contributed by atoms with E-state index in [9.17, 15) is 4.79 Å². The second-order valence-corrected chi connectivity index (χ2v) is 2.31. The van der Waals surface area contributed by atoms with Crippen LogP contribution in [0.5, 0.6) is 0 Å². The van der Waals surface area contributed by atoms with Gasteiger partial charge in [0.1, 0.15) is 0 Å². The summed E-state index contributed by atoms with van der Waals surface area (Å²) in [7, 11) is 0. The molecule has 1 heterocycles. The van der Waals surface area contributed by atoms with Gasteiger partial charge in [0.05, 0.1) is 19.1 Å². The predicted molar refractivity (Wildman–Crippen MR) is 46.9 cm³/mol. The molecule has 0 aromatic carbocycles. The summed E-state index contributed by atoms with van der Waals surface area (Å²) in [5.74, 6) is -0.111. The summed E-state index contributed by atoms with van der Waals surface area (Å²) in [5.41, 5.74) is 0. The molecule has 0 aliphatic carbocycles. The zero-order valence-corrected chi connectivity index (χ0v) is 8.13. The molecule has 1 saturated heterocycles. The fraction of sp³-hybridized carbons (Fsp3) is 0.889. The summed E-state index contributed by atoms with van der Waals surface area (Å²) < 4.78 is 9.83. The summed E-state index contributed by atoms with van der Waals surface area (Å²) in [6.07, 6.45) is 0.818. The quantitative estimate of drug-likeness (QED) is 0.597. The van der Waals surface area contributed by atoms with Crippen LogP contribution in [0.15, 0.2) is 0 Å². The monoisotopic (exact) mass is 174 g/mol. The molecule has 1 rings (SSSR count). The largest absolute Gasteiger partial charge is 0.466 e. The molecule has 0 N–H and O–H groups in total. The van der Waals surface area contributed by atoms with E-state index in [0.29, 0.717) is 19.8 Å². The number of esters is 1. The molecule has 3 nitrogen and oxygen atoms in total. The first-order valence-electron chi connectivity index (χ1n) is 4.59. The van der Waals surface area contributed by atoms with Crippen molar-refractivity contribution >= 4 is 5.97 Å². The molecule has 0 aromatic rings. The van der Waals surface area contributed by atoms with Crippen molar-refractivity contribution in [2.45, 2.75) is 27.2 Å². The molecule has 1 aliphatic heterocycles. The summed E-state index contributed by atoms with van der Waals surface area (Å²) in [5, 5.41) is 0. The van der Waals surface area contributed by atoms with Crippen molar-refractivity contribution in [1.29, 1.82) is 0 Å². The molecular weight excluding hydrogens is 156 g/mol. The molecule has 0 spiro atoms. The maximum atomic E-state index is 10.9. The van der Waals surface area contributed by atoms with Gasteiger partial charge in [-0.15, -0.1) is 0 Å². The van der Waals surface area contributed by atoms with Crippen LogP contribution in [0.4, 0.5) is 0 Å². The first-order chi connectivity index (χ1) is 5.84. The number of carbonyl (C=O) groups is 1. The van der Waals surface area contributed by atoms with Crippen LogP contribution >= 0.6 is 0 Å². The first-order valence-corrected chi connectivity index (χ1v) is 4.59. The summed E-state index contributed by atoms with van der Waals surface area (Å²) in [4.78, 5) is 10.9. The van der Waals surface area contributed by atoms with Gasteiger partial charge in [-0.2, -0.15) is 0 Å². The molecular formula is C9H18O3. The van der Waals surface area contributed by atoms with Gasteiger partial charge >= 0.3 is 5.97 Å².